The first kappa shape index (κ1) is 13.7. The second kappa shape index (κ2) is 5.82. The van der Waals surface area contributed by atoms with E-state index in [4.69, 9.17) is 22.4 Å². The van der Waals surface area contributed by atoms with Gasteiger partial charge in [0.15, 0.2) is 0 Å². The summed E-state index contributed by atoms with van der Waals surface area (Å²) in [6.45, 7) is 6.73. The van der Waals surface area contributed by atoms with E-state index in [9.17, 15) is 4.79 Å². The molecule has 0 saturated heterocycles. The van der Waals surface area contributed by atoms with E-state index in [2.05, 4.69) is 0 Å². The maximum atomic E-state index is 12.2. The molecule has 1 aromatic heterocycles. The number of aryl methyl sites for hydroxylation is 2. The van der Waals surface area contributed by atoms with E-state index < -0.39 is 0 Å². The van der Waals surface area contributed by atoms with E-state index in [1.807, 2.05) is 13.8 Å². The van der Waals surface area contributed by atoms with Crippen molar-refractivity contribution in [2.24, 2.45) is 5.73 Å². The van der Waals surface area contributed by atoms with Gasteiger partial charge < -0.3 is 15.1 Å². The Bertz CT molecular complexity index is 426. The van der Waals surface area contributed by atoms with Crippen molar-refractivity contribution in [1.29, 1.82) is 0 Å². The number of hydrogen-bond donors (Lipinski definition) is 1. The zero-order valence-electron chi connectivity index (χ0n) is 10.4. The summed E-state index contributed by atoms with van der Waals surface area (Å²) in [5.41, 5.74) is 6.06. The van der Waals surface area contributed by atoms with Crippen LogP contribution in [0.2, 0.25) is 0 Å². The van der Waals surface area contributed by atoms with Crippen LogP contribution in [0.1, 0.15) is 35.2 Å². The molecule has 0 saturated carbocycles. The molecule has 0 radical (unpaired) electrons. The van der Waals surface area contributed by atoms with Crippen LogP contribution < -0.4 is 5.73 Å². The minimum absolute atomic E-state index is 0.0295. The Kier molecular flexibility index (Phi) is 4.69. The molecule has 94 valence electrons. The minimum atomic E-state index is -0.0295. The quantitative estimate of drug-likeness (QED) is 0.817. The average molecular weight is 254 g/mol. The van der Waals surface area contributed by atoms with Gasteiger partial charge in [0.1, 0.15) is 11.5 Å². The molecule has 0 aliphatic heterocycles. The van der Waals surface area contributed by atoms with E-state index in [0.717, 1.165) is 5.76 Å². The van der Waals surface area contributed by atoms with Gasteiger partial charge in [-0.2, -0.15) is 0 Å². The third-order valence-electron chi connectivity index (χ3n) is 2.57. The second-order valence-corrected chi connectivity index (χ2v) is 4.45. The van der Waals surface area contributed by atoms with E-state index in [0.29, 0.717) is 35.8 Å². The SMILES string of the molecule is CCN(CCC(N)=S)C(=O)c1cc(C)oc1C. The molecule has 0 atom stereocenters. The van der Waals surface area contributed by atoms with Crippen molar-refractivity contribution in [3.63, 3.8) is 0 Å². The highest BCUT2D eigenvalue weighted by molar-refractivity contribution is 7.80. The Labute approximate surface area is 107 Å². The van der Waals surface area contributed by atoms with Crippen LogP contribution in [0.5, 0.6) is 0 Å². The first-order valence-electron chi connectivity index (χ1n) is 5.60. The predicted molar refractivity (Wildman–Crippen MR) is 71.2 cm³/mol. The smallest absolute Gasteiger partial charge is 0.257 e. The van der Waals surface area contributed by atoms with Crippen LogP contribution in [0.15, 0.2) is 10.5 Å². The van der Waals surface area contributed by atoms with Gasteiger partial charge in [-0.25, -0.2) is 0 Å². The van der Waals surface area contributed by atoms with Gasteiger partial charge in [-0.1, -0.05) is 12.2 Å². The summed E-state index contributed by atoms with van der Waals surface area (Å²) in [5.74, 6) is 1.37. The molecule has 0 bridgehead atoms. The lowest BCUT2D eigenvalue weighted by Crippen LogP contribution is -2.33. The zero-order chi connectivity index (χ0) is 13.0. The van der Waals surface area contributed by atoms with Gasteiger partial charge in [-0.15, -0.1) is 0 Å². The Morgan fingerprint density at radius 2 is 2.18 bits per heavy atom. The fraction of sp³-hybridized carbons (Fsp3) is 0.500. The van der Waals surface area contributed by atoms with Crippen molar-refractivity contribution >= 4 is 23.1 Å². The molecule has 0 aliphatic carbocycles. The normalized spacial score (nSPS) is 10.3. The summed E-state index contributed by atoms with van der Waals surface area (Å²) in [6, 6.07) is 1.76. The molecule has 1 amide bonds. The molecule has 0 aromatic carbocycles. The topological polar surface area (TPSA) is 59.5 Å². The van der Waals surface area contributed by atoms with E-state index in [-0.39, 0.29) is 5.91 Å². The van der Waals surface area contributed by atoms with Gasteiger partial charge in [-0.3, -0.25) is 4.79 Å². The van der Waals surface area contributed by atoms with Crippen molar-refractivity contribution in [2.45, 2.75) is 27.2 Å². The summed E-state index contributed by atoms with van der Waals surface area (Å²) in [4.78, 5) is 14.4. The Morgan fingerprint density at radius 1 is 1.53 bits per heavy atom. The van der Waals surface area contributed by atoms with Crippen LogP contribution in [0.25, 0.3) is 0 Å². The highest BCUT2D eigenvalue weighted by Crippen LogP contribution is 2.16. The standard InChI is InChI=1S/C12H18N2O2S/c1-4-14(6-5-11(13)17)12(15)10-7-8(2)16-9(10)3/h7H,4-6H2,1-3H3,(H2,13,17). The maximum absolute atomic E-state index is 12.2. The van der Waals surface area contributed by atoms with Gasteiger partial charge >= 0.3 is 0 Å². The molecule has 0 spiro atoms. The zero-order valence-corrected chi connectivity index (χ0v) is 11.3. The van der Waals surface area contributed by atoms with Crippen LogP contribution in [0.3, 0.4) is 0 Å². The number of hydrogen-bond acceptors (Lipinski definition) is 3. The lowest BCUT2D eigenvalue weighted by Gasteiger charge is -2.20. The monoisotopic (exact) mass is 254 g/mol. The first-order valence-corrected chi connectivity index (χ1v) is 6.01. The fourth-order valence-corrected chi connectivity index (χ4v) is 1.75. The molecule has 17 heavy (non-hydrogen) atoms. The van der Waals surface area contributed by atoms with Crippen LogP contribution in [-0.4, -0.2) is 28.9 Å². The summed E-state index contributed by atoms with van der Waals surface area (Å²) in [7, 11) is 0. The molecule has 1 heterocycles. The predicted octanol–water partition coefficient (Wildman–Crippen LogP) is 2.03. The van der Waals surface area contributed by atoms with E-state index in [1.54, 1.807) is 17.9 Å². The van der Waals surface area contributed by atoms with Crippen LogP contribution >= 0.6 is 12.2 Å². The fourth-order valence-electron chi connectivity index (χ4n) is 1.66. The summed E-state index contributed by atoms with van der Waals surface area (Å²) in [5, 5.41) is 0. The number of rotatable bonds is 5. The number of nitrogens with zero attached hydrogens (tertiary/aromatic N) is 1. The number of thiocarbonyl (C=S) groups is 1. The number of carbonyl (C=O) groups is 1. The minimum Gasteiger partial charge on any atom is -0.466 e. The van der Waals surface area contributed by atoms with Crippen LogP contribution in [-0.2, 0) is 0 Å². The lowest BCUT2D eigenvalue weighted by molar-refractivity contribution is 0.0767. The largest absolute Gasteiger partial charge is 0.466 e. The van der Waals surface area contributed by atoms with Crippen LogP contribution in [0.4, 0.5) is 0 Å². The van der Waals surface area contributed by atoms with Gasteiger partial charge in [0.05, 0.1) is 10.6 Å². The summed E-state index contributed by atoms with van der Waals surface area (Å²) in [6.07, 6.45) is 0.546. The maximum Gasteiger partial charge on any atom is 0.257 e. The molecule has 5 heteroatoms. The molecule has 0 fully saturated rings. The van der Waals surface area contributed by atoms with Gasteiger partial charge in [0.25, 0.3) is 5.91 Å². The molecule has 2 N–H and O–H groups in total. The van der Waals surface area contributed by atoms with E-state index >= 15 is 0 Å². The average Bonchev–Trinajstić information content (AvgIpc) is 2.58. The Morgan fingerprint density at radius 3 is 2.59 bits per heavy atom. The summed E-state index contributed by atoms with van der Waals surface area (Å²) >= 11 is 4.82. The van der Waals surface area contributed by atoms with Crippen molar-refractivity contribution in [2.75, 3.05) is 13.1 Å². The third-order valence-corrected chi connectivity index (χ3v) is 2.77. The molecule has 4 nitrogen and oxygen atoms in total. The van der Waals surface area contributed by atoms with Crippen molar-refractivity contribution in [3.05, 3.63) is 23.2 Å². The Hall–Kier alpha value is -1.36. The molecule has 1 aromatic rings. The lowest BCUT2D eigenvalue weighted by atomic mass is 10.2. The molecular weight excluding hydrogens is 236 g/mol. The molecule has 1 rings (SSSR count). The number of carbonyl (C=O) groups excluding carboxylic acids is 1. The van der Waals surface area contributed by atoms with E-state index in [1.165, 1.54) is 0 Å². The Balaban J connectivity index is 2.79. The second-order valence-electron chi connectivity index (χ2n) is 3.93. The van der Waals surface area contributed by atoms with Gasteiger partial charge in [-0.05, 0) is 26.8 Å². The first-order chi connectivity index (χ1) is 7.95. The van der Waals surface area contributed by atoms with Gasteiger partial charge in [0.2, 0.25) is 0 Å². The molecule has 0 aliphatic rings. The highest BCUT2D eigenvalue weighted by atomic mass is 32.1. The molecular formula is C12H18N2O2S. The number of amides is 1. The summed E-state index contributed by atoms with van der Waals surface area (Å²) < 4.78 is 5.36. The van der Waals surface area contributed by atoms with Crippen molar-refractivity contribution in [3.8, 4) is 0 Å². The highest BCUT2D eigenvalue weighted by Gasteiger charge is 2.19. The molecule has 0 unspecified atom stereocenters. The van der Waals surface area contributed by atoms with Crippen LogP contribution in [0, 0.1) is 13.8 Å². The van der Waals surface area contributed by atoms with Crippen molar-refractivity contribution < 1.29 is 9.21 Å². The third kappa shape index (κ3) is 3.56. The number of nitrogens with two attached hydrogens (primary N) is 1. The van der Waals surface area contributed by atoms with Gasteiger partial charge in [0, 0.05) is 19.5 Å². The number of furan rings is 1. The van der Waals surface area contributed by atoms with Crippen molar-refractivity contribution in [1.82, 2.24) is 4.90 Å².